The predicted octanol–water partition coefficient (Wildman–Crippen LogP) is 4.19. The van der Waals surface area contributed by atoms with Gasteiger partial charge in [-0.05, 0) is 62.0 Å². The molecule has 0 saturated carbocycles. The predicted molar refractivity (Wildman–Crippen MR) is 88.6 cm³/mol. The lowest BCUT2D eigenvalue weighted by atomic mass is 10.4. The van der Waals surface area contributed by atoms with Gasteiger partial charge in [0, 0.05) is 9.79 Å². The van der Waals surface area contributed by atoms with Crippen LogP contribution in [0.25, 0.3) is 0 Å². The fourth-order valence-electron chi connectivity index (χ4n) is 1.79. The first-order valence-corrected chi connectivity index (χ1v) is 10.0. The van der Waals surface area contributed by atoms with E-state index in [-0.39, 0.29) is 7.92 Å². The van der Waals surface area contributed by atoms with Crippen molar-refractivity contribution >= 4 is 42.1 Å². The van der Waals surface area contributed by atoms with Gasteiger partial charge in [-0.15, -0.1) is 23.5 Å². The highest BCUT2D eigenvalue weighted by molar-refractivity contribution is 7.98. The van der Waals surface area contributed by atoms with Gasteiger partial charge in [-0.3, -0.25) is 0 Å². The average Bonchev–Trinajstić information content (AvgIpc) is 2.46. The molecule has 0 fully saturated rings. The Balaban J connectivity index is 2.31. The molecule has 0 spiro atoms. The monoisotopic (exact) mass is 292 g/mol. The van der Waals surface area contributed by atoms with E-state index in [0.29, 0.717) is 0 Å². The fraction of sp³-hybridized carbons (Fsp3) is 0.200. The third kappa shape index (κ3) is 3.32. The van der Waals surface area contributed by atoms with Crippen molar-refractivity contribution in [2.75, 3.05) is 19.2 Å². The Morgan fingerprint density at radius 1 is 0.778 bits per heavy atom. The quantitative estimate of drug-likeness (QED) is 0.612. The summed E-state index contributed by atoms with van der Waals surface area (Å²) in [5.41, 5.74) is 0. The molecule has 0 N–H and O–H groups in total. The van der Waals surface area contributed by atoms with Crippen LogP contribution in [-0.2, 0) is 0 Å². The number of hydrogen-bond donors (Lipinski definition) is 0. The van der Waals surface area contributed by atoms with Crippen molar-refractivity contribution in [1.82, 2.24) is 0 Å². The van der Waals surface area contributed by atoms with Gasteiger partial charge in [0.1, 0.15) is 0 Å². The molecule has 0 aromatic heterocycles. The Labute approximate surface area is 119 Å². The van der Waals surface area contributed by atoms with Crippen LogP contribution in [0, 0.1) is 0 Å². The summed E-state index contributed by atoms with van der Waals surface area (Å²) in [4.78, 5) is 2.70. The summed E-state index contributed by atoms with van der Waals surface area (Å²) >= 11 is 3.62. The van der Waals surface area contributed by atoms with Crippen LogP contribution < -0.4 is 10.6 Å². The molecule has 2 rings (SSSR count). The van der Waals surface area contributed by atoms with Crippen LogP contribution in [0.1, 0.15) is 0 Å². The Bertz CT molecular complexity index is 478. The highest BCUT2D eigenvalue weighted by Crippen LogP contribution is 2.31. The lowest BCUT2D eigenvalue weighted by Crippen LogP contribution is -2.10. The minimum atomic E-state index is -0.241. The number of benzene rings is 2. The van der Waals surface area contributed by atoms with Crippen molar-refractivity contribution in [3.8, 4) is 0 Å². The minimum absolute atomic E-state index is 0.241. The van der Waals surface area contributed by atoms with Gasteiger partial charge < -0.3 is 0 Å². The Morgan fingerprint density at radius 2 is 1.22 bits per heavy atom. The SMILES string of the molecule is CSc1cccc(P(C)c2cccc(SC)c2)c1. The molecule has 94 valence electrons. The summed E-state index contributed by atoms with van der Waals surface area (Å²) in [7, 11) is -0.241. The second kappa shape index (κ2) is 6.65. The maximum Gasteiger partial charge on any atom is 0.00755 e. The largest absolute Gasteiger partial charge is 0.130 e. The molecule has 3 heteroatoms. The standard InChI is InChI=1S/C15H17PS2/c1-16(12-6-4-8-14(10-12)17-2)13-7-5-9-15(11-13)18-3/h4-11H,1-3H3. The van der Waals surface area contributed by atoms with Gasteiger partial charge in [-0.2, -0.15) is 0 Å². The molecule has 0 atom stereocenters. The van der Waals surface area contributed by atoms with Crippen LogP contribution in [-0.4, -0.2) is 19.2 Å². The maximum absolute atomic E-state index is 2.34. The highest BCUT2D eigenvalue weighted by atomic mass is 32.2. The molecule has 0 nitrogen and oxygen atoms in total. The van der Waals surface area contributed by atoms with Crippen LogP contribution in [0.5, 0.6) is 0 Å². The molecule has 18 heavy (non-hydrogen) atoms. The van der Waals surface area contributed by atoms with E-state index in [4.69, 9.17) is 0 Å². The van der Waals surface area contributed by atoms with Gasteiger partial charge in [-0.1, -0.05) is 24.3 Å². The fourth-order valence-corrected chi connectivity index (χ4v) is 4.46. The first-order chi connectivity index (χ1) is 8.74. The van der Waals surface area contributed by atoms with Crippen LogP contribution in [0.2, 0.25) is 0 Å². The Hall–Kier alpha value is -0.430. The second-order valence-electron chi connectivity index (χ2n) is 3.96. The van der Waals surface area contributed by atoms with Gasteiger partial charge in [0.2, 0.25) is 0 Å². The highest BCUT2D eigenvalue weighted by Gasteiger charge is 2.08. The number of thioether (sulfide) groups is 2. The van der Waals surface area contributed by atoms with Crippen molar-refractivity contribution in [1.29, 1.82) is 0 Å². The first-order valence-electron chi connectivity index (χ1n) is 5.76. The van der Waals surface area contributed by atoms with E-state index in [1.165, 1.54) is 20.4 Å². The second-order valence-corrected chi connectivity index (χ2v) is 7.87. The van der Waals surface area contributed by atoms with E-state index in [1.54, 1.807) is 0 Å². The Morgan fingerprint density at radius 3 is 1.61 bits per heavy atom. The molecule has 0 aliphatic heterocycles. The van der Waals surface area contributed by atoms with Crippen molar-refractivity contribution in [2.45, 2.75) is 9.79 Å². The molecule has 0 radical (unpaired) electrons. The molecule has 0 aliphatic rings. The van der Waals surface area contributed by atoms with Crippen molar-refractivity contribution in [3.05, 3.63) is 48.5 Å². The lowest BCUT2D eigenvalue weighted by Gasteiger charge is -2.14. The normalized spacial score (nSPS) is 10.9. The maximum atomic E-state index is 2.34. The molecular formula is C15H17PS2. The summed E-state index contributed by atoms with van der Waals surface area (Å²) in [6.45, 7) is 2.34. The molecule has 0 saturated heterocycles. The van der Waals surface area contributed by atoms with Crippen LogP contribution in [0.4, 0.5) is 0 Å². The smallest absolute Gasteiger partial charge is 0.00755 e. The van der Waals surface area contributed by atoms with Crippen molar-refractivity contribution in [3.63, 3.8) is 0 Å². The zero-order valence-electron chi connectivity index (χ0n) is 10.9. The van der Waals surface area contributed by atoms with Gasteiger partial charge in [0.05, 0.1) is 0 Å². The van der Waals surface area contributed by atoms with E-state index in [9.17, 15) is 0 Å². The van der Waals surface area contributed by atoms with E-state index >= 15 is 0 Å². The zero-order valence-corrected chi connectivity index (χ0v) is 13.4. The molecule has 0 unspecified atom stereocenters. The van der Waals surface area contributed by atoms with Gasteiger partial charge in [0.15, 0.2) is 0 Å². The molecule has 2 aromatic rings. The molecular weight excluding hydrogens is 275 g/mol. The van der Waals surface area contributed by atoms with Gasteiger partial charge >= 0.3 is 0 Å². The van der Waals surface area contributed by atoms with Crippen molar-refractivity contribution in [2.24, 2.45) is 0 Å². The van der Waals surface area contributed by atoms with E-state index in [1.807, 2.05) is 23.5 Å². The van der Waals surface area contributed by atoms with Gasteiger partial charge in [0.25, 0.3) is 0 Å². The van der Waals surface area contributed by atoms with E-state index in [2.05, 4.69) is 67.7 Å². The van der Waals surface area contributed by atoms with E-state index in [0.717, 1.165) is 0 Å². The summed E-state index contributed by atoms with van der Waals surface area (Å²) in [5, 5.41) is 2.91. The third-order valence-electron chi connectivity index (χ3n) is 2.88. The summed E-state index contributed by atoms with van der Waals surface area (Å²) < 4.78 is 0. The molecule has 0 bridgehead atoms. The molecule has 0 heterocycles. The molecule has 0 amide bonds. The zero-order chi connectivity index (χ0) is 13.0. The topological polar surface area (TPSA) is 0 Å². The number of hydrogen-bond acceptors (Lipinski definition) is 2. The Kier molecular flexibility index (Phi) is 5.17. The summed E-state index contributed by atoms with van der Waals surface area (Å²) in [6, 6.07) is 17.8. The third-order valence-corrected chi connectivity index (χ3v) is 6.44. The summed E-state index contributed by atoms with van der Waals surface area (Å²) in [5.74, 6) is 0. The molecule has 0 aliphatic carbocycles. The van der Waals surface area contributed by atoms with Crippen LogP contribution >= 0.6 is 31.4 Å². The number of rotatable bonds is 4. The van der Waals surface area contributed by atoms with Gasteiger partial charge in [-0.25, -0.2) is 0 Å². The van der Waals surface area contributed by atoms with Crippen LogP contribution in [0.3, 0.4) is 0 Å². The minimum Gasteiger partial charge on any atom is -0.130 e. The first kappa shape index (κ1) is 14.0. The lowest BCUT2D eigenvalue weighted by molar-refractivity contribution is 1.49. The van der Waals surface area contributed by atoms with Crippen molar-refractivity contribution < 1.29 is 0 Å². The average molecular weight is 292 g/mol. The van der Waals surface area contributed by atoms with E-state index < -0.39 is 0 Å². The molecule has 2 aromatic carbocycles. The van der Waals surface area contributed by atoms with Crippen LogP contribution in [0.15, 0.2) is 58.3 Å². The summed E-state index contributed by atoms with van der Waals surface area (Å²) in [6.07, 6.45) is 4.26.